The normalized spacial score (nSPS) is 18.4. The standard InChI is InChI=1S/C16H23NO2S/c1-12(2)13-5-7-15(8-6-13)20-11-16(18)17-10-14-4-3-9-19-14/h5-8,12,14H,3-4,9-11H2,1-2H3,(H,17,18). The van der Waals surface area contributed by atoms with Gasteiger partial charge in [-0.15, -0.1) is 11.8 Å². The van der Waals surface area contributed by atoms with Crippen molar-refractivity contribution in [2.45, 2.75) is 43.6 Å². The van der Waals surface area contributed by atoms with Crippen LogP contribution in [0, 0.1) is 0 Å². The van der Waals surface area contributed by atoms with Gasteiger partial charge in [0.05, 0.1) is 11.9 Å². The predicted octanol–water partition coefficient (Wildman–Crippen LogP) is 3.20. The van der Waals surface area contributed by atoms with Gasteiger partial charge >= 0.3 is 0 Å². The Morgan fingerprint density at radius 3 is 2.75 bits per heavy atom. The van der Waals surface area contributed by atoms with Crippen LogP contribution in [0.1, 0.15) is 38.2 Å². The largest absolute Gasteiger partial charge is 0.376 e. The maximum atomic E-state index is 11.8. The Balaban J connectivity index is 1.69. The second-order valence-electron chi connectivity index (χ2n) is 5.45. The van der Waals surface area contributed by atoms with Crippen LogP contribution in [0.25, 0.3) is 0 Å². The molecule has 0 spiro atoms. The highest BCUT2D eigenvalue weighted by Gasteiger charge is 2.16. The van der Waals surface area contributed by atoms with Crippen molar-refractivity contribution in [2.24, 2.45) is 0 Å². The maximum absolute atomic E-state index is 11.8. The zero-order valence-electron chi connectivity index (χ0n) is 12.2. The highest BCUT2D eigenvalue weighted by Crippen LogP contribution is 2.21. The number of rotatable bonds is 6. The van der Waals surface area contributed by atoms with Crippen LogP contribution in [-0.4, -0.2) is 30.9 Å². The van der Waals surface area contributed by atoms with Gasteiger partial charge in [-0.1, -0.05) is 26.0 Å². The first-order chi connectivity index (χ1) is 9.65. The Labute approximate surface area is 125 Å². The van der Waals surface area contributed by atoms with E-state index in [2.05, 4.69) is 43.4 Å². The molecule has 3 nitrogen and oxygen atoms in total. The van der Waals surface area contributed by atoms with E-state index in [-0.39, 0.29) is 12.0 Å². The Bertz CT molecular complexity index is 425. The van der Waals surface area contributed by atoms with Gasteiger partial charge in [0.25, 0.3) is 0 Å². The molecule has 0 radical (unpaired) electrons. The molecule has 20 heavy (non-hydrogen) atoms. The third-order valence-corrected chi connectivity index (χ3v) is 4.48. The van der Waals surface area contributed by atoms with Gasteiger partial charge in [-0.25, -0.2) is 0 Å². The average Bonchev–Trinajstić information content (AvgIpc) is 2.96. The second-order valence-corrected chi connectivity index (χ2v) is 6.50. The van der Waals surface area contributed by atoms with Gasteiger partial charge in [-0.05, 0) is 36.5 Å². The number of thioether (sulfide) groups is 1. The Morgan fingerprint density at radius 2 is 2.15 bits per heavy atom. The minimum absolute atomic E-state index is 0.0819. The minimum atomic E-state index is 0.0819. The molecule has 1 amide bonds. The number of carbonyl (C=O) groups is 1. The topological polar surface area (TPSA) is 38.3 Å². The number of hydrogen-bond donors (Lipinski definition) is 1. The molecule has 1 aliphatic rings. The number of ether oxygens (including phenoxy) is 1. The molecule has 1 heterocycles. The smallest absolute Gasteiger partial charge is 0.230 e. The van der Waals surface area contributed by atoms with Gasteiger partial charge in [0, 0.05) is 18.0 Å². The summed E-state index contributed by atoms with van der Waals surface area (Å²) in [6.45, 7) is 5.84. The summed E-state index contributed by atoms with van der Waals surface area (Å²) >= 11 is 1.58. The molecule has 1 aromatic rings. The van der Waals surface area contributed by atoms with Crippen molar-refractivity contribution in [3.63, 3.8) is 0 Å². The van der Waals surface area contributed by atoms with E-state index in [0.717, 1.165) is 24.3 Å². The molecule has 1 atom stereocenters. The van der Waals surface area contributed by atoms with Gasteiger partial charge in [-0.3, -0.25) is 4.79 Å². The van der Waals surface area contributed by atoms with Crippen LogP contribution >= 0.6 is 11.8 Å². The molecule has 110 valence electrons. The van der Waals surface area contributed by atoms with Crippen molar-refractivity contribution in [1.29, 1.82) is 0 Å². The zero-order chi connectivity index (χ0) is 14.4. The number of hydrogen-bond acceptors (Lipinski definition) is 3. The lowest BCUT2D eigenvalue weighted by atomic mass is 10.0. The SMILES string of the molecule is CC(C)c1ccc(SCC(=O)NCC2CCCO2)cc1. The highest BCUT2D eigenvalue weighted by atomic mass is 32.2. The first-order valence-electron chi connectivity index (χ1n) is 7.26. The molecule has 2 rings (SSSR count). The zero-order valence-corrected chi connectivity index (χ0v) is 13.0. The van der Waals surface area contributed by atoms with Gasteiger partial charge in [0.15, 0.2) is 0 Å². The fraction of sp³-hybridized carbons (Fsp3) is 0.562. The van der Waals surface area contributed by atoms with Crippen molar-refractivity contribution < 1.29 is 9.53 Å². The van der Waals surface area contributed by atoms with Gasteiger partial charge in [0.2, 0.25) is 5.91 Å². The average molecular weight is 293 g/mol. The fourth-order valence-corrected chi connectivity index (χ4v) is 2.91. The summed E-state index contributed by atoms with van der Waals surface area (Å²) < 4.78 is 5.48. The van der Waals surface area contributed by atoms with E-state index in [0.29, 0.717) is 18.2 Å². The van der Waals surface area contributed by atoms with Crippen LogP contribution in [0.15, 0.2) is 29.2 Å². The Kier molecular flexibility index (Phi) is 5.92. The monoisotopic (exact) mass is 293 g/mol. The number of carbonyl (C=O) groups excluding carboxylic acids is 1. The molecule has 1 unspecified atom stereocenters. The van der Waals surface area contributed by atoms with Crippen LogP contribution < -0.4 is 5.32 Å². The third-order valence-electron chi connectivity index (χ3n) is 3.47. The van der Waals surface area contributed by atoms with Crippen LogP contribution in [0.5, 0.6) is 0 Å². The van der Waals surface area contributed by atoms with Crippen molar-refractivity contribution in [2.75, 3.05) is 18.9 Å². The lowest BCUT2D eigenvalue weighted by molar-refractivity contribution is -0.119. The van der Waals surface area contributed by atoms with Gasteiger partial charge in [-0.2, -0.15) is 0 Å². The van der Waals surface area contributed by atoms with E-state index in [1.165, 1.54) is 5.56 Å². The first kappa shape index (κ1) is 15.4. The molecule has 1 N–H and O–H groups in total. The van der Waals surface area contributed by atoms with E-state index >= 15 is 0 Å². The lowest BCUT2D eigenvalue weighted by Crippen LogP contribution is -2.32. The molecule has 0 saturated carbocycles. The fourth-order valence-electron chi connectivity index (χ4n) is 2.18. The van der Waals surface area contributed by atoms with Crippen molar-refractivity contribution in [3.8, 4) is 0 Å². The molecule has 0 aliphatic carbocycles. The van der Waals surface area contributed by atoms with Crippen molar-refractivity contribution in [1.82, 2.24) is 5.32 Å². The molecule has 0 bridgehead atoms. The summed E-state index contributed by atoms with van der Waals surface area (Å²) in [4.78, 5) is 12.9. The summed E-state index contributed by atoms with van der Waals surface area (Å²) in [7, 11) is 0. The summed E-state index contributed by atoms with van der Waals surface area (Å²) in [6.07, 6.45) is 2.39. The van der Waals surface area contributed by atoms with Gasteiger partial charge < -0.3 is 10.1 Å². The summed E-state index contributed by atoms with van der Waals surface area (Å²) in [5.74, 6) is 1.09. The van der Waals surface area contributed by atoms with E-state index in [1.54, 1.807) is 11.8 Å². The number of nitrogens with one attached hydrogen (secondary N) is 1. The predicted molar refractivity (Wildman–Crippen MR) is 83.2 cm³/mol. The third kappa shape index (κ3) is 4.84. The highest BCUT2D eigenvalue weighted by molar-refractivity contribution is 8.00. The van der Waals surface area contributed by atoms with E-state index in [1.807, 2.05) is 0 Å². The molecular weight excluding hydrogens is 270 g/mol. The van der Waals surface area contributed by atoms with E-state index in [9.17, 15) is 4.79 Å². The first-order valence-corrected chi connectivity index (χ1v) is 8.25. The number of amides is 1. The van der Waals surface area contributed by atoms with Gasteiger partial charge in [0.1, 0.15) is 0 Å². The molecule has 1 saturated heterocycles. The maximum Gasteiger partial charge on any atom is 0.230 e. The summed E-state index contributed by atoms with van der Waals surface area (Å²) in [5, 5.41) is 2.94. The van der Waals surface area contributed by atoms with Crippen LogP contribution in [0.2, 0.25) is 0 Å². The lowest BCUT2D eigenvalue weighted by Gasteiger charge is -2.11. The molecule has 1 aliphatic heterocycles. The van der Waals surface area contributed by atoms with E-state index < -0.39 is 0 Å². The molecule has 1 fully saturated rings. The summed E-state index contributed by atoms with van der Waals surface area (Å²) in [5.41, 5.74) is 1.33. The molecule has 1 aromatic carbocycles. The van der Waals surface area contributed by atoms with E-state index in [4.69, 9.17) is 4.74 Å². The van der Waals surface area contributed by atoms with Crippen LogP contribution in [0.3, 0.4) is 0 Å². The van der Waals surface area contributed by atoms with Crippen LogP contribution in [-0.2, 0) is 9.53 Å². The quantitative estimate of drug-likeness (QED) is 0.819. The summed E-state index contributed by atoms with van der Waals surface area (Å²) in [6, 6.07) is 8.45. The molecule has 0 aromatic heterocycles. The van der Waals surface area contributed by atoms with Crippen LogP contribution in [0.4, 0.5) is 0 Å². The second kappa shape index (κ2) is 7.70. The van der Waals surface area contributed by atoms with Crippen molar-refractivity contribution >= 4 is 17.7 Å². The molecule has 4 heteroatoms. The van der Waals surface area contributed by atoms with Crippen molar-refractivity contribution in [3.05, 3.63) is 29.8 Å². The Morgan fingerprint density at radius 1 is 1.40 bits per heavy atom. The molecular formula is C16H23NO2S. The Hall–Kier alpha value is -1.00. The number of benzene rings is 1. The minimum Gasteiger partial charge on any atom is -0.376 e.